The first-order valence-electron chi connectivity index (χ1n) is 6.83. The number of amides is 1. The molecule has 0 aliphatic rings. The summed E-state index contributed by atoms with van der Waals surface area (Å²) < 4.78 is 10.7. The first-order chi connectivity index (χ1) is 11.2. The van der Waals surface area contributed by atoms with Gasteiger partial charge in [-0.1, -0.05) is 35.9 Å². The Morgan fingerprint density at radius 2 is 2.04 bits per heavy atom. The summed E-state index contributed by atoms with van der Waals surface area (Å²) in [5, 5.41) is 5.33. The van der Waals surface area contributed by atoms with Crippen molar-refractivity contribution in [3.8, 4) is 5.75 Å². The van der Waals surface area contributed by atoms with Crippen LogP contribution in [0, 0.1) is 0 Å². The zero-order chi connectivity index (χ0) is 16.2. The number of hydrogen-bond donors (Lipinski definition) is 1. The molecular formula is C17H13ClN2O3. The second-order valence-corrected chi connectivity index (χ2v) is 5.18. The molecule has 0 spiro atoms. The van der Waals surface area contributed by atoms with Crippen LogP contribution in [0.1, 0.15) is 16.1 Å². The molecule has 0 unspecified atom stereocenters. The molecule has 0 atom stereocenters. The van der Waals surface area contributed by atoms with Gasteiger partial charge in [-0.05, 0) is 29.8 Å². The van der Waals surface area contributed by atoms with Crippen molar-refractivity contribution in [3.63, 3.8) is 0 Å². The molecule has 23 heavy (non-hydrogen) atoms. The van der Waals surface area contributed by atoms with Gasteiger partial charge in [-0.25, -0.2) is 5.43 Å². The van der Waals surface area contributed by atoms with Crippen LogP contribution < -0.4 is 10.2 Å². The zero-order valence-electron chi connectivity index (χ0n) is 12.2. The zero-order valence-corrected chi connectivity index (χ0v) is 13.0. The number of ether oxygens (including phenoxy) is 1. The van der Waals surface area contributed by atoms with Crippen LogP contribution in [0.2, 0.25) is 5.02 Å². The lowest BCUT2D eigenvalue weighted by Gasteiger charge is -1.98. The Bertz CT molecular complexity index is 869. The second kappa shape index (κ2) is 6.54. The molecule has 0 radical (unpaired) electrons. The largest absolute Gasteiger partial charge is 0.493 e. The van der Waals surface area contributed by atoms with Gasteiger partial charge in [0.05, 0.1) is 13.3 Å². The van der Waals surface area contributed by atoms with Crippen LogP contribution in [-0.2, 0) is 0 Å². The summed E-state index contributed by atoms with van der Waals surface area (Å²) in [5.41, 5.74) is 3.77. The van der Waals surface area contributed by atoms with E-state index in [0.717, 1.165) is 10.9 Å². The average Bonchev–Trinajstić information content (AvgIpc) is 3.01. The minimum Gasteiger partial charge on any atom is -0.493 e. The van der Waals surface area contributed by atoms with E-state index in [-0.39, 0.29) is 5.76 Å². The number of nitrogens with one attached hydrogen (secondary N) is 1. The lowest BCUT2D eigenvalue weighted by atomic mass is 10.2. The highest BCUT2D eigenvalue weighted by Gasteiger charge is 2.14. The van der Waals surface area contributed by atoms with Gasteiger partial charge in [0.2, 0.25) is 0 Å². The van der Waals surface area contributed by atoms with Gasteiger partial charge < -0.3 is 9.15 Å². The number of para-hydroxylation sites is 1. The van der Waals surface area contributed by atoms with E-state index < -0.39 is 5.91 Å². The number of carbonyl (C=O) groups is 1. The molecule has 5 nitrogen and oxygen atoms in total. The summed E-state index contributed by atoms with van der Waals surface area (Å²) in [5.74, 6) is 0.303. The maximum atomic E-state index is 12.1. The molecule has 1 aromatic heterocycles. The highest BCUT2D eigenvalue weighted by molar-refractivity contribution is 6.30. The molecule has 3 rings (SSSR count). The van der Waals surface area contributed by atoms with E-state index in [1.165, 1.54) is 6.21 Å². The maximum absolute atomic E-state index is 12.1. The molecule has 1 amide bonds. The van der Waals surface area contributed by atoms with Gasteiger partial charge in [0.1, 0.15) is 0 Å². The number of furan rings is 1. The Balaban J connectivity index is 1.74. The van der Waals surface area contributed by atoms with Crippen LogP contribution in [0.4, 0.5) is 0 Å². The van der Waals surface area contributed by atoms with Gasteiger partial charge in [-0.3, -0.25) is 4.79 Å². The van der Waals surface area contributed by atoms with E-state index >= 15 is 0 Å². The third-order valence-electron chi connectivity index (χ3n) is 3.20. The standard InChI is InChI=1S/C17H13ClN2O3/c1-22-14-4-2-3-12-9-15(23-16(12)14)17(21)20-19-10-11-5-7-13(18)8-6-11/h2-10H,1H3,(H,20,21)/b19-10-. The van der Waals surface area contributed by atoms with E-state index in [2.05, 4.69) is 10.5 Å². The normalized spacial score (nSPS) is 11.0. The number of nitrogens with zero attached hydrogens (tertiary/aromatic N) is 1. The van der Waals surface area contributed by atoms with Crippen molar-refractivity contribution in [1.82, 2.24) is 5.43 Å². The summed E-state index contributed by atoms with van der Waals surface area (Å²) in [6.07, 6.45) is 1.53. The molecule has 1 heterocycles. The number of rotatable bonds is 4. The molecule has 0 saturated heterocycles. The van der Waals surface area contributed by atoms with Crippen LogP contribution >= 0.6 is 11.6 Å². The van der Waals surface area contributed by atoms with E-state index in [0.29, 0.717) is 16.4 Å². The number of hydrogen-bond acceptors (Lipinski definition) is 4. The van der Waals surface area contributed by atoms with Crippen molar-refractivity contribution in [2.45, 2.75) is 0 Å². The number of fused-ring (bicyclic) bond motifs is 1. The quantitative estimate of drug-likeness (QED) is 0.584. The minimum atomic E-state index is -0.437. The number of hydrazone groups is 1. The van der Waals surface area contributed by atoms with Gasteiger partial charge >= 0.3 is 5.91 Å². The van der Waals surface area contributed by atoms with Crippen molar-refractivity contribution in [2.75, 3.05) is 7.11 Å². The van der Waals surface area contributed by atoms with E-state index in [1.54, 1.807) is 43.5 Å². The van der Waals surface area contributed by atoms with Gasteiger partial charge in [0.25, 0.3) is 0 Å². The van der Waals surface area contributed by atoms with Gasteiger partial charge in [-0.15, -0.1) is 0 Å². The SMILES string of the molecule is COc1cccc2cc(C(=O)N/N=C\c3ccc(Cl)cc3)oc12. The van der Waals surface area contributed by atoms with Crippen molar-refractivity contribution in [1.29, 1.82) is 0 Å². The van der Waals surface area contributed by atoms with Crippen molar-refractivity contribution in [2.24, 2.45) is 5.10 Å². The highest BCUT2D eigenvalue weighted by atomic mass is 35.5. The van der Waals surface area contributed by atoms with E-state index in [9.17, 15) is 4.79 Å². The van der Waals surface area contributed by atoms with Crippen LogP contribution in [-0.4, -0.2) is 19.2 Å². The molecule has 2 aromatic carbocycles. The summed E-state index contributed by atoms with van der Waals surface area (Å²) in [7, 11) is 1.55. The Kier molecular flexibility index (Phi) is 4.30. The van der Waals surface area contributed by atoms with E-state index in [4.69, 9.17) is 20.8 Å². The van der Waals surface area contributed by atoms with Gasteiger partial charge in [0, 0.05) is 10.4 Å². The highest BCUT2D eigenvalue weighted by Crippen LogP contribution is 2.28. The average molecular weight is 329 g/mol. The fourth-order valence-electron chi connectivity index (χ4n) is 2.08. The van der Waals surface area contributed by atoms with Crippen LogP contribution in [0.25, 0.3) is 11.0 Å². The maximum Gasteiger partial charge on any atom is 0.307 e. The first-order valence-corrected chi connectivity index (χ1v) is 7.20. The summed E-state index contributed by atoms with van der Waals surface area (Å²) in [6, 6.07) is 14.2. The predicted octanol–water partition coefficient (Wildman–Crippen LogP) is 3.86. The summed E-state index contributed by atoms with van der Waals surface area (Å²) in [4.78, 5) is 12.1. The monoisotopic (exact) mass is 328 g/mol. The molecule has 3 aromatic rings. The summed E-state index contributed by atoms with van der Waals surface area (Å²) in [6.45, 7) is 0. The first kappa shape index (κ1) is 15.1. The van der Waals surface area contributed by atoms with Crippen molar-refractivity contribution >= 4 is 34.7 Å². The fraction of sp³-hybridized carbons (Fsp3) is 0.0588. The molecule has 1 N–H and O–H groups in total. The summed E-state index contributed by atoms with van der Waals surface area (Å²) >= 11 is 5.80. The number of methoxy groups -OCH3 is 1. The molecule has 0 aliphatic heterocycles. The Hall–Kier alpha value is -2.79. The van der Waals surface area contributed by atoms with Crippen molar-refractivity contribution in [3.05, 3.63) is 64.9 Å². The molecule has 0 saturated carbocycles. The topological polar surface area (TPSA) is 63.8 Å². The number of halogens is 1. The van der Waals surface area contributed by atoms with Gasteiger partial charge in [-0.2, -0.15) is 5.10 Å². The van der Waals surface area contributed by atoms with Crippen molar-refractivity contribution < 1.29 is 13.9 Å². The Morgan fingerprint density at radius 3 is 2.78 bits per heavy atom. The molecule has 0 bridgehead atoms. The lowest BCUT2D eigenvalue weighted by molar-refractivity contribution is 0.0929. The smallest absolute Gasteiger partial charge is 0.307 e. The molecule has 0 fully saturated rings. The number of benzene rings is 2. The third-order valence-corrected chi connectivity index (χ3v) is 3.45. The fourth-order valence-corrected chi connectivity index (χ4v) is 2.20. The van der Waals surface area contributed by atoms with E-state index in [1.807, 2.05) is 12.1 Å². The minimum absolute atomic E-state index is 0.165. The Labute approximate surface area is 137 Å². The molecule has 6 heteroatoms. The second-order valence-electron chi connectivity index (χ2n) is 4.74. The molecule has 0 aliphatic carbocycles. The molecular weight excluding hydrogens is 316 g/mol. The van der Waals surface area contributed by atoms with Gasteiger partial charge in [0.15, 0.2) is 17.1 Å². The molecule has 116 valence electrons. The number of carbonyl (C=O) groups excluding carboxylic acids is 1. The third kappa shape index (κ3) is 3.35. The van der Waals surface area contributed by atoms with Crippen LogP contribution in [0.3, 0.4) is 0 Å². The Morgan fingerprint density at radius 1 is 1.26 bits per heavy atom. The lowest BCUT2D eigenvalue weighted by Crippen LogP contribution is -2.16. The van der Waals surface area contributed by atoms with Crippen LogP contribution in [0.5, 0.6) is 5.75 Å². The van der Waals surface area contributed by atoms with Crippen LogP contribution in [0.15, 0.2) is 58.0 Å². The predicted molar refractivity (Wildman–Crippen MR) is 89.3 cm³/mol.